The summed E-state index contributed by atoms with van der Waals surface area (Å²) < 4.78 is 0. The summed E-state index contributed by atoms with van der Waals surface area (Å²) in [6.07, 6.45) is 4.80. The third kappa shape index (κ3) is 3.50. The van der Waals surface area contributed by atoms with E-state index < -0.39 is 5.97 Å². The van der Waals surface area contributed by atoms with Crippen molar-refractivity contribution in [3.63, 3.8) is 0 Å². The minimum Gasteiger partial charge on any atom is -0.478 e. The lowest BCUT2D eigenvalue weighted by molar-refractivity contribution is 0.0694. The second kappa shape index (κ2) is 6.12. The van der Waals surface area contributed by atoms with E-state index in [0.717, 1.165) is 42.5 Å². The van der Waals surface area contributed by atoms with Gasteiger partial charge >= 0.3 is 5.97 Å². The van der Waals surface area contributed by atoms with E-state index >= 15 is 0 Å². The molecule has 2 aromatic rings. The van der Waals surface area contributed by atoms with Gasteiger partial charge in [-0.25, -0.2) is 4.79 Å². The Labute approximate surface area is 142 Å². The number of aryl methyl sites for hydroxylation is 4. The van der Waals surface area contributed by atoms with Gasteiger partial charge in [-0.15, -0.1) is 11.3 Å². The molecule has 0 saturated carbocycles. The average molecular weight is 328 g/mol. The molecule has 1 heterocycles. The number of carboxylic acids is 1. The predicted octanol–water partition coefficient (Wildman–Crippen LogP) is 5.05. The highest BCUT2D eigenvalue weighted by atomic mass is 32.1. The Balaban J connectivity index is 1.86. The number of hydrogen-bond acceptors (Lipinski definition) is 2. The maximum atomic E-state index is 11.8. The molecular formula is C20H24O2S. The van der Waals surface area contributed by atoms with Gasteiger partial charge in [-0.05, 0) is 55.6 Å². The Kier molecular flexibility index (Phi) is 4.33. The van der Waals surface area contributed by atoms with Crippen LogP contribution in [0.25, 0.3) is 0 Å². The van der Waals surface area contributed by atoms with Crippen LogP contribution in [0.4, 0.5) is 0 Å². The fourth-order valence-electron chi connectivity index (χ4n) is 3.41. The van der Waals surface area contributed by atoms with E-state index in [1.807, 2.05) is 0 Å². The van der Waals surface area contributed by atoms with Gasteiger partial charge in [0.15, 0.2) is 0 Å². The SMILES string of the molecule is Cc1ccc(CCc2sc3c(c2C(=O)O)CC(C)(C)CC3)cc1. The lowest BCUT2D eigenvalue weighted by atomic mass is 9.76. The standard InChI is InChI=1S/C20H24O2S/c1-13-4-6-14(7-5-13)8-9-17-18(19(21)22)15-12-20(2,3)11-10-16(15)23-17/h4-7H,8-12H2,1-3H3,(H,21,22). The first-order valence-corrected chi connectivity index (χ1v) is 9.10. The third-order valence-electron chi connectivity index (χ3n) is 4.82. The smallest absolute Gasteiger partial charge is 0.337 e. The van der Waals surface area contributed by atoms with Crippen molar-refractivity contribution in [2.75, 3.05) is 0 Å². The molecule has 2 nitrogen and oxygen atoms in total. The van der Waals surface area contributed by atoms with Gasteiger partial charge in [0.05, 0.1) is 5.56 Å². The molecule has 0 unspecified atom stereocenters. The van der Waals surface area contributed by atoms with Crippen molar-refractivity contribution in [3.05, 3.63) is 56.3 Å². The van der Waals surface area contributed by atoms with Crippen molar-refractivity contribution in [2.24, 2.45) is 5.41 Å². The minimum atomic E-state index is -0.751. The summed E-state index contributed by atoms with van der Waals surface area (Å²) in [5, 5.41) is 9.72. The maximum Gasteiger partial charge on any atom is 0.337 e. The molecule has 0 amide bonds. The fourth-order valence-corrected chi connectivity index (χ4v) is 4.73. The fraction of sp³-hybridized carbons (Fsp3) is 0.450. The predicted molar refractivity (Wildman–Crippen MR) is 95.7 cm³/mol. The average Bonchev–Trinajstić information content (AvgIpc) is 2.83. The number of fused-ring (bicyclic) bond motifs is 1. The van der Waals surface area contributed by atoms with Crippen LogP contribution in [-0.2, 0) is 25.7 Å². The van der Waals surface area contributed by atoms with Crippen molar-refractivity contribution >= 4 is 17.3 Å². The number of rotatable bonds is 4. The van der Waals surface area contributed by atoms with Gasteiger partial charge in [-0.2, -0.15) is 0 Å². The molecule has 1 N–H and O–H groups in total. The van der Waals surface area contributed by atoms with E-state index in [-0.39, 0.29) is 5.41 Å². The summed E-state index contributed by atoms with van der Waals surface area (Å²) in [6, 6.07) is 8.53. The lowest BCUT2D eigenvalue weighted by Crippen LogP contribution is -2.22. The Morgan fingerprint density at radius 2 is 1.91 bits per heavy atom. The highest BCUT2D eigenvalue weighted by Crippen LogP contribution is 2.41. The second-order valence-corrected chi connectivity index (χ2v) is 8.62. The normalized spacial score (nSPS) is 16.1. The summed E-state index contributed by atoms with van der Waals surface area (Å²) in [6.45, 7) is 6.57. The molecule has 1 aromatic carbocycles. The highest BCUT2D eigenvalue weighted by Gasteiger charge is 2.32. The molecule has 0 radical (unpaired) electrons. The molecule has 0 aliphatic heterocycles. The first-order chi connectivity index (χ1) is 10.9. The molecule has 1 aliphatic carbocycles. The maximum absolute atomic E-state index is 11.8. The van der Waals surface area contributed by atoms with E-state index in [4.69, 9.17) is 0 Å². The van der Waals surface area contributed by atoms with Crippen LogP contribution in [-0.4, -0.2) is 11.1 Å². The van der Waals surface area contributed by atoms with Crippen LogP contribution in [0.3, 0.4) is 0 Å². The van der Waals surface area contributed by atoms with Crippen LogP contribution < -0.4 is 0 Å². The Hall–Kier alpha value is -1.61. The van der Waals surface area contributed by atoms with E-state index in [1.165, 1.54) is 16.0 Å². The molecule has 1 aliphatic rings. The molecule has 0 saturated heterocycles. The van der Waals surface area contributed by atoms with E-state index in [0.29, 0.717) is 5.56 Å². The second-order valence-electron chi connectivity index (χ2n) is 7.43. The van der Waals surface area contributed by atoms with E-state index in [1.54, 1.807) is 11.3 Å². The van der Waals surface area contributed by atoms with Gasteiger partial charge in [0.25, 0.3) is 0 Å². The number of carboxylic acid groups (broad SMARTS) is 1. The zero-order chi connectivity index (χ0) is 16.6. The number of benzene rings is 1. The summed E-state index contributed by atoms with van der Waals surface area (Å²) >= 11 is 1.73. The highest BCUT2D eigenvalue weighted by molar-refractivity contribution is 7.12. The minimum absolute atomic E-state index is 0.215. The van der Waals surface area contributed by atoms with Crippen LogP contribution in [0.2, 0.25) is 0 Å². The molecule has 0 atom stereocenters. The number of carbonyl (C=O) groups is 1. The van der Waals surface area contributed by atoms with Crippen LogP contribution in [0.1, 0.15) is 57.1 Å². The zero-order valence-corrected chi connectivity index (χ0v) is 14.9. The molecule has 0 fully saturated rings. The lowest BCUT2D eigenvalue weighted by Gasteiger charge is -2.29. The molecule has 0 bridgehead atoms. The quantitative estimate of drug-likeness (QED) is 0.852. The van der Waals surface area contributed by atoms with Crippen molar-refractivity contribution in [3.8, 4) is 0 Å². The third-order valence-corrected chi connectivity index (χ3v) is 6.17. The summed E-state index contributed by atoms with van der Waals surface area (Å²) in [5.41, 5.74) is 4.46. The van der Waals surface area contributed by atoms with E-state index in [2.05, 4.69) is 45.0 Å². The van der Waals surface area contributed by atoms with Crippen molar-refractivity contribution in [2.45, 2.75) is 52.9 Å². The molecule has 3 heteroatoms. The van der Waals surface area contributed by atoms with Crippen LogP contribution >= 0.6 is 11.3 Å². The molecule has 1 aromatic heterocycles. The molecule has 122 valence electrons. The topological polar surface area (TPSA) is 37.3 Å². The van der Waals surface area contributed by atoms with Gasteiger partial charge in [0.1, 0.15) is 0 Å². The van der Waals surface area contributed by atoms with Gasteiger partial charge in [0.2, 0.25) is 0 Å². The zero-order valence-electron chi connectivity index (χ0n) is 14.1. The summed E-state index contributed by atoms with van der Waals surface area (Å²) in [7, 11) is 0. The summed E-state index contributed by atoms with van der Waals surface area (Å²) in [4.78, 5) is 14.2. The first kappa shape index (κ1) is 16.3. The van der Waals surface area contributed by atoms with Crippen molar-refractivity contribution in [1.82, 2.24) is 0 Å². The molecular weight excluding hydrogens is 304 g/mol. The number of hydrogen-bond donors (Lipinski definition) is 1. The summed E-state index contributed by atoms with van der Waals surface area (Å²) in [5.74, 6) is -0.751. The van der Waals surface area contributed by atoms with Crippen LogP contribution in [0.5, 0.6) is 0 Å². The molecule has 0 spiro atoms. The molecule has 23 heavy (non-hydrogen) atoms. The van der Waals surface area contributed by atoms with Crippen LogP contribution in [0.15, 0.2) is 24.3 Å². The van der Waals surface area contributed by atoms with Crippen molar-refractivity contribution in [1.29, 1.82) is 0 Å². The van der Waals surface area contributed by atoms with Gasteiger partial charge in [-0.3, -0.25) is 0 Å². The monoisotopic (exact) mass is 328 g/mol. The Bertz CT molecular complexity index is 723. The first-order valence-electron chi connectivity index (χ1n) is 8.28. The van der Waals surface area contributed by atoms with Crippen LogP contribution in [0, 0.1) is 12.3 Å². The number of thiophene rings is 1. The van der Waals surface area contributed by atoms with E-state index in [9.17, 15) is 9.90 Å². The Morgan fingerprint density at radius 1 is 1.22 bits per heavy atom. The largest absolute Gasteiger partial charge is 0.478 e. The molecule has 3 rings (SSSR count). The van der Waals surface area contributed by atoms with Crippen molar-refractivity contribution < 1.29 is 9.90 Å². The Morgan fingerprint density at radius 3 is 2.57 bits per heavy atom. The number of aromatic carboxylic acids is 1. The van der Waals surface area contributed by atoms with Gasteiger partial charge in [-0.1, -0.05) is 43.7 Å². The van der Waals surface area contributed by atoms with Gasteiger partial charge in [0, 0.05) is 9.75 Å². The van der Waals surface area contributed by atoms with Gasteiger partial charge < -0.3 is 5.11 Å².